The topological polar surface area (TPSA) is 110 Å². The molecule has 0 aliphatic heterocycles. The van der Waals surface area contributed by atoms with Crippen LogP contribution in [0.1, 0.15) is 57.7 Å². The van der Waals surface area contributed by atoms with Gasteiger partial charge < -0.3 is 11.5 Å². The first-order chi connectivity index (χ1) is 9.98. The van der Waals surface area contributed by atoms with Gasteiger partial charge in [0.05, 0.1) is 21.5 Å². The first-order valence-electron chi connectivity index (χ1n) is 7.11. The average molecular weight is 303 g/mol. The third kappa shape index (κ3) is 2.22. The Balaban J connectivity index is 2.03. The van der Waals surface area contributed by atoms with E-state index in [1.807, 2.05) is 0 Å². The van der Waals surface area contributed by atoms with Gasteiger partial charge in [0.2, 0.25) is 0 Å². The van der Waals surface area contributed by atoms with E-state index in [1.165, 1.54) is 0 Å². The maximum Gasteiger partial charge on any atom is 0.251 e. The van der Waals surface area contributed by atoms with Crippen LogP contribution in [0, 0.1) is 22.7 Å². The molecule has 1 aromatic heterocycles. The summed E-state index contributed by atoms with van der Waals surface area (Å²) >= 11 is 1.15. The molecule has 5 nitrogen and oxygen atoms in total. The molecule has 3 rings (SSSR count). The number of nitrogens with zero attached hydrogens (tertiary/aromatic N) is 1. The van der Waals surface area contributed by atoms with E-state index in [-0.39, 0.29) is 12.2 Å². The molecule has 0 radical (unpaired) electrons. The maximum absolute atomic E-state index is 12.9. The number of Topliss-reactive ketones (excluding diaryl/α,β-unsaturated/α-hetero) is 1. The number of amides is 1. The number of anilines is 1. The summed E-state index contributed by atoms with van der Waals surface area (Å²) in [6.07, 6.45) is 4.52. The lowest BCUT2D eigenvalue weighted by Gasteiger charge is -2.34. The lowest BCUT2D eigenvalue weighted by Crippen LogP contribution is -2.36. The number of nitrogen functional groups attached to an aromatic ring is 1. The van der Waals surface area contributed by atoms with Crippen molar-refractivity contribution in [3.63, 3.8) is 0 Å². The summed E-state index contributed by atoms with van der Waals surface area (Å²) in [5, 5.41) is 9.45. The summed E-state index contributed by atoms with van der Waals surface area (Å²) in [6, 6.07) is 2.18. The summed E-state index contributed by atoms with van der Waals surface area (Å²) < 4.78 is 0. The van der Waals surface area contributed by atoms with E-state index in [0.29, 0.717) is 39.8 Å². The molecule has 0 bridgehead atoms. The van der Waals surface area contributed by atoms with Gasteiger partial charge in [-0.15, -0.1) is 11.3 Å². The molecule has 4 N–H and O–H groups in total. The fourth-order valence-corrected chi connectivity index (χ4v) is 4.54. The molecular formula is C15H17N3O2S. The van der Waals surface area contributed by atoms with Crippen LogP contribution in [0.4, 0.5) is 5.00 Å². The largest absolute Gasteiger partial charge is 0.390 e. The maximum atomic E-state index is 12.9. The van der Waals surface area contributed by atoms with Crippen LogP contribution >= 0.6 is 11.3 Å². The predicted molar refractivity (Wildman–Crippen MR) is 79.9 cm³/mol. The Morgan fingerprint density at radius 1 is 1.48 bits per heavy atom. The highest BCUT2D eigenvalue weighted by Crippen LogP contribution is 2.51. The van der Waals surface area contributed by atoms with Crippen molar-refractivity contribution in [2.24, 2.45) is 17.1 Å². The molecule has 6 heteroatoms. The quantitative estimate of drug-likeness (QED) is 0.888. The van der Waals surface area contributed by atoms with Crippen LogP contribution in [0.15, 0.2) is 0 Å². The Morgan fingerprint density at radius 2 is 2.19 bits per heavy atom. The molecule has 0 unspecified atom stereocenters. The number of carbonyl (C=O) groups is 2. The first-order valence-corrected chi connectivity index (χ1v) is 7.93. The number of thiophene rings is 1. The second kappa shape index (κ2) is 4.85. The Labute approximate surface area is 126 Å². The number of carbonyl (C=O) groups excluding carboxylic acids is 2. The zero-order chi connectivity index (χ0) is 15.2. The summed E-state index contributed by atoms with van der Waals surface area (Å²) in [7, 11) is 0. The van der Waals surface area contributed by atoms with Crippen LogP contribution in [0.2, 0.25) is 0 Å². The number of hydrogen-bond donors (Lipinski definition) is 2. The van der Waals surface area contributed by atoms with Gasteiger partial charge in [-0.3, -0.25) is 9.59 Å². The van der Waals surface area contributed by atoms with Crippen LogP contribution in [0.3, 0.4) is 0 Å². The number of ketones is 1. The minimum atomic E-state index is -0.588. The number of fused-ring (bicyclic) bond motifs is 1. The third-order valence-electron chi connectivity index (χ3n) is 4.62. The molecule has 0 saturated heterocycles. The van der Waals surface area contributed by atoms with E-state index in [2.05, 4.69) is 6.07 Å². The lowest BCUT2D eigenvalue weighted by atomic mass is 9.68. The number of hydrogen-bond acceptors (Lipinski definition) is 5. The van der Waals surface area contributed by atoms with Crippen molar-refractivity contribution in [3.05, 3.63) is 16.0 Å². The Hall–Kier alpha value is -1.87. The zero-order valence-corrected chi connectivity index (χ0v) is 12.5. The number of primary amides is 1. The average Bonchev–Trinajstić information content (AvgIpc) is 3.15. The van der Waals surface area contributed by atoms with E-state index in [0.717, 1.165) is 30.6 Å². The molecular weight excluding hydrogens is 286 g/mol. The minimum Gasteiger partial charge on any atom is -0.390 e. The second-order valence-corrected chi connectivity index (χ2v) is 7.16. The third-order valence-corrected chi connectivity index (χ3v) is 5.68. The van der Waals surface area contributed by atoms with E-state index < -0.39 is 11.3 Å². The molecule has 1 atom stereocenters. The highest BCUT2D eigenvalue weighted by Gasteiger charge is 2.47. The Bertz CT molecular complexity index is 669. The molecule has 1 amide bonds. The molecule has 0 spiro atoms. The summed E-state index contributed by atoms with van der Waals surface area (Å²) in [5.41, 5.74) is 11.6. The van der Waals surface area contributed by atoms with Gasteiger partial charge in [0, 0.05) is 11.8 Å². The van der Waals surface area contributed by atoms with E-state index in [4.69, 9.17) is 16.7 Å². The van der Waals surface area contributed by atoms with Gasteiger partial charge >= 0.3 is 0 Å². The van der Waals surface area contributed by atoms with Crippen LogP contribution < -0.4 is 11.5 Å². The van der Waals surface area contributed by atoms with Gasteiger partial charge in [0.25, 0.3) is 5.91 Å². The van der Waals surface area contributed by atoms with E-state index in [1.54, 1.807) is 0 Å². The Kier molecular flexibility index (Phi) is 3.25. The minimum absolute atomic E-state index is 0.0126. The van der Waals surface area contributed by atoms with Crippen molar-refractivity contribution < 1.29 is 9.59 Å². The number of nitriles is 1. The molecule has 110 valence electrons. The second-order valence-electron chi connectivity index (χ2n) is 6.11. The smallest absolute Gasteiger partial charge is 0.251 e. The van der Waals surface area contributed by atoms with Gasteiger partial charge in [-0.2, -0.15) is 5.26 Å². The first kappa shape index (κ1) is 14.1. The molecule has 1 fully saturated rings. The van der Waals surface area contributed by atoms with Crippen LogP contribution in [0.25, 0.3) is 0 Å². The summed E-state index contributed by atoms with van der Waals surface area (Å²) in [5.74, 6) is -0.0223. The molecule has 1 saturated carbocycles. The van der Waals surface area contributed by atoms with Crippen molar-refractivity contribution in [3.8, 4) is 6.07 Å². The molecule has 2 aliphatic carbocycles. The summed E-state index contributed by atoms with van der Waals surface area (Å²) in [4.78, 5) is 25.0. The van der Waals surface area contributed by atoms with Crippen molar-refractivity contribution >= 4 is 28.0 Å². The SMILES string of the molecule is N#CC[C@]1(CC2CC2)CCc2c(sc(N)c2C(N)=O)C1=O. The van der Waals surface area contributed by atoms with Crippen molar-refractivity contribution in [2.45, 2.75) is 38.5 Å². The molecule has 1 aromatic rings. The Morgan fingerprint density at radius 3 is 2.76 bits per heavy atom. The van der Waals surface area contributed by atoms with Crippen LogP contribution in [-0.4, -0.2) is 11.7 Å². The van der Waals surface area contributed by atoms with Crippen molar-refractivity contribution in [1.82, 2.24) is 0 Å². The van der Waals surface area contributed by atoms with Crippen LogP contribution in [0.5, 0.6) is 0 Å². The summed E-state index contributed by atoms with van der Waals surface area (Å²) in [6.45, 7) is 0. The van der Waals surface area contributed by atoms with E-state index >= 15 is 0 Å². The predicted octanol–water partition coefficient (Wildman–Crippen LogP) is 2.26. The number of rotatable bonds is 4. The highest BCUT2D eigenvalue weighted by molar-refractivity contribution is 7.18. The van der Waals surface area contributed by atoms with Crippen molar-refractivity contribution in [2.75, 3.05) is 5.73 Å². The zero-order valence-electron chi connectivity index (χ0n) is 11.6. The van der Waals surface area contributed by atoms with Crippen LogP contribution in [-0.2, 0) is 6.42 Å². The fraction of sp³-hybridized carbons (Fsp3) is 0.533. The van der Waals surface area contributed by atoms with Gasteiger partial charge in [-0.25, -0.2) is 0 Å². The van der Waals surface area contributed by atoms with Gasteiger partial charge in [-0.1, -0.05) is 12.8 Å². The fourth-order valence-electron chi connectivity index (χ4n) is 3.36. The normalized spacial score (nSPS) is 24.4. The van der Waals surface area contributed by atoms with E-state index in [9.17, 15) is 9.59 Å². The van der Waals surface area contributed by atoms with Gasteiger partial charge in [-0.05, 0) is 30.7 Å². The lowest BCUT2D eigenvalue weighted by molar-refractivity contribution is 0.0738. The van der Waals surface area contributed by atoms with Crippen molar-refractivity contribution in [1.29, 1.82) is 5.26 Å². The molecule has 2 aliphatic rings. The van der Waals surface area contributed by atoms with Gasteiger partial charge in [0.15, 0.2) is 5.78 Å². The molecule has 1 heterocycles. The number of nitrogens with two attached hydrogens (primary N) is 2. The van der Waals surface area contributed by atoms with Gasteiger partial charge in [0.1, 0.15) is 0 Å². The monoisotopic (exact) mass is 303 g/mol. The molecule has 21 heavy (non-hydrogen) atoms. The standard InChI is InChI=1S/C15H17N3O2S/c16-6-5-15(7-8-1-2-8)4-3-9-10(13(17)20)14(18)21-11(9)12(15)19/h8H,1-5,7,18H2,(H2,17,20)/t15-/m0/s1. The highest BCUT2D eigenvalue weighted by atomic mass is 32.1. The molecule has 0 aromatic carbocycles.